The van der Waals surface area contributed by atoms with Crippen molar-refractivity contribution >= 4 is 0 Å². The Morgan fingerprint density at radius 3 is 2.58 bits per heavy atom. The van der Waals surface area contributed by atoms with Crippen molar-refractivity contribution in [1.29, 1.82) is 0 Å². The molecule has 0 heterocycles. The third-order valence-electron chi connectivity index (χ3n) is 4.71. The van der Waals surface area contributed by atoms with E-state index in [0.717, 1.165) is 25.0 Å². The fraction of sp³-hybridized carbons (Fsp3) is 1.00. The van der Waals surface area contributed by atoms with Gasteiger partial charge in [-0.3, -0.25) is 0 Å². The summed E-state index contributed by atoms with van der Waals surface area (Å²) in [4.78, 5) is 0. The van der Waals surface area contributed by atoms with Gasteiger partial charge >= 0.3 is 0 Å². The Kier molecular flexibility index (Phi) is 5.30. The Morgan fingerprint density at radius 2 is 2.00 bits per heavy atom. The molecule has 0 spiro atoms. The first kappa shape index (κ1) is 15.3. The van der Waals surface area contributed by atoms with Crippen molar-refractivity contribution < 1.29 is 4.74 Å². The highest BCUT2D eigenvalue weighted by molar-refractivity contribution is 4.88. The summed E-state index contributed by atoms with van der Waals surface area (Å²) in [5, 5.41) is 3.68. The molecule has 112 valence electrons. The minimum atomic E-state index is 0.467. The van der Waals surface area contributed by atoms with Crippen LogP contribution in [0.4, 0.5) is 0 Å². The maximum Gasteiger partial charge on any atom is 0.0626 e. The molecule has 2 aliphatic rings. The maximum atomic E-state index is 6.29. The van der Waals surface area contributed by atoms with Gasteiger partial charge in [0.25, 0.3) is 0 Å². The maximum absolute atomic E-state index is 6.29. The van der Waals surface area contributed by atoms with Gasteiger partial charge in [0.1, 0.15) is 0 Å². The molecule has 19 heavy (non-hydrogen) atoms. The highest BCUT2D eigenvalue weighted by atomic mass is 16.5. The van der Waals surface area contributed by atoms with E-state index < -0.39 is 0 Å². The fourth-order valence-corrected chi connectivity index (χ4v) is 3.82. The van der Waals surface area contributed by atoms with Gasteiger partial charge in [-0.2, -0.15) is 0 Å². The number of rotatable bonds is 7. The van der Waals surface area contributed by atoms with Gasteiger partial charge in [0.2, 0.25) is 0 Å². The molecular weight excluding hydrogens is 234 g/mol. The molecule has 2 saturated carbocycles. The van der Waals surface area contributed by atoms with Crippen LogP contribution in [0.15, 0.2) is 0 Å². The zero-order valence-electron chi connectivity index (χ0n) is 13.4. The van der Waals surface area contributed by atoms with E-state index in [1.807, 2.05) is 0 Å². The second kappa shape index (κ2) is 6.58. The fourth-order valence-electron chi connectivity index (χ4n) is 3.82. The predicted molar refractivity (Wildman–Crippen MR) is 81.3 cm³/mol. The van der Waals surface area contributed by atoms with Crippen molar-refractivity contribution in [3.8, 4) is 0 Å². The van der Waals surface area contributed by atoms with Gasteiger partial charge in [-0.15, -0.1) is 0 Å². The molecule has 0 bridgehead atoms. The summed E-state index contributed by atoms with van der Waals surface area (Å²) in [6.45, 7) is 11.5. The molecule has 1 N–H and O–H groups in total. The van der Waals surface area contributed by atoms with Crippen LogP contribution in [0, 0.1) is 17.3 Å². The smallest absolute Gasteiger partial charge is 0.0626 e. The quantitative estimate of drug-likeness (QED) is 0.753. The molecule has 2 nitrogen and oxygen atoms in total. The first-order chi connectivity index (χ1) is 9.00. The van der Waals surface area contributed by atoms with Gasteiger partial charge < -0.3 is 10.1 Å². The lowest BCUT2D eigenvalue weighted by Gasteiger charge is -2.39. The Morgan fingerprint density at radius 1 is 1.26 bits per heavy atom. The SMILES string of the molecule is CCCNC(COC1CC(C)CC(C)(C)C1)C1CC1. The monoisotopic (exact) mass is 267 g/mol. The first-order valence-corrected chi connectivity index (χ1v) is 8.35. The normalized spacial score (nSPS) is 32.2. The first-order valence-electron chi connectivity index (χ1n) is 8.35. The van der Waals surface area contributed by atoms with Crippen molar-refractivity contribution in [3.63, 3.8) is 0 Å². The Hall–Kier alpha value is -0.0800. The van der Waals surface area contributed by atoms with Crippen LogP contribution in [0.1, 0.15) is 66.2 Å². The third-order valence-corrected chi connectivity index (χ3v) is 4.71. The molecule has 3 atom stereocenters. The zero-order chi connectivity index (χ0) is 13.9. The minimum Gasteiger partial charge on any atom is -0.377 e. The Balaban J connectivity index is 1.76. The van der Waals surface area contributed by atoms with E-state index >= 15 is 0 Å². The standard InChI is InChI=1S/C17H33NO/c1-5-8-18-16(14-6-7-14)12-19-15-9-13(2)10-17(3,4)11-15/h13-16,18H,5-12H2,1-4H3. The highest BCUT2D eigenvalue weighted by Gasteiger charge is 2.35. The summed E-state index contributed by atoms with van der Waals surface area (Å²) in [5.74, 6) is 1.71. The lowest BCUT2D eigenvalue weighted by molar-refractivity contribution is -0.0325. The van der Waals surface area contributed by atoms with Gasteiger partial charge in [0.15, 0.2) is 0 Å². The molecule has 0 aromatic rings. The average molecular weight is 267 g/mol. The van der Waals surface area contributed by atoms with Gasteiger partial charge in [-0.05, 0) is 62.3 Å². The van der Waals surface area contributed by atoms with Gasteiger partial charge in [0, 0.05) is 6.04 Å². The van der Waals surface area contributed by atoms with Crippen LogP contribution in [0.5, 0.6) is 0 Å². The molecule has 2 heteroatoms. The highest BCUT2D eigenvalue weighted by Crippen LogP contribution is 2.40. The van der Waals surface area contributed by atoms with Crippen molar-refractivity contribution in [1.82, 2.24) is 5.32 Å². The molecule has 3 unspecified atom stereocenters. The van der Waals surface area contributed by atoms with E-state index in [0.29, 0.717) is 17.6 Å². The van der Waals surface area contributed by atoms with Crippen molar-refractivity contribution in [2.45, 2.75) is 78.4 Å². The molecule has 0 saturated heterocycles. The predicted octanol–water partition coefficient (Wildman–Crippen LogP) is 4.00. The molecule has 2 rings (SSSR count). The van der Waals surface area contributed by atoms with Crippen LogP contribution in [0.25, 0.3) is 0 Å². The second-order valence-electron chi connectivity index (χ2n) is 7.77. The third kappa shape index (κ3) is 5.07. The van der Waals surface area contributed by atoms with Crippen LogP contribution in [-0.2, 0) is 4.74 Å². The topological polar surface area (TPSA) is 21.3 Å². The summed E-state index contributed by atoms with van der Waals surface area (Å²) in [6, 6.07) is 0.611. The lowest BCUT2D eigenvalue weighted by Crippen LogP contribution is -2.39. The molecule has 0 amide bonds. The van der Waals surface area contributed by atoms with E-state index in [1.54, 1.807) is 0 Å². The minimum absolute atomic E-state index is 0.467. The van der Waals surface area contributed by atoms with Gasteiger partial charge in [-0.1, -0.05) is 27.7 Å². The van der Waals surface area contributed by atoms with E-state index in [-0.39, 0.29) is 0 Å². The van der Waals surface area contributed by atoms with Crippen molar-refractivity contribution in [3.05, 3.63) is 0 Å². The summed E-state index contributed by atoms with van der Waals surface area (Å²) >= 11 is 0. The summed E-state index contributed by atoms with van der Waals surface area (Å²) in [5.41, 5.74) is 0.467. The number of hydrogen-bond acceptors (Lipinski definition) is 2. The van der Waals surface area contributed by atoms with Crippen LogP contribution in [-0.4, -0.2) is 25.3 Å². The summed E-state index contributed by atoms with van der Waals surface area (Å²) < 4.78 is 6.29. The molecule has 0 aromatic carbocycles. The molecule has 0 aromatic heterocycles. The van der Waals surface area contributed by atoms with Crippen LogP contribution in [0.3, 0.4) is 0 Å². The van der Waals surface area contributed by atoms with Crippen molar-refractivity contribution in [2.24, 2.45) is 17.3 Å². The largest absolute Gasteiger partial charge is 0.377 e. The second-order valence-corrected chi connectivity index (χ2v) is 7.77. The lowest BCUT2D eigenvalue weighted by atomic mass is 9.71. The Labute approximate surface area is 119 Å². The molecule has 0 aliphatic heterocycles. The average Bonchev–Trinajstić information content (AvgIpc) is 3.10. The number of nitrogens with one attached hydrogen (secondary N) is 1. The summed E-state index contributed by atoms with van der Waals surface area (Å²) in [7, 11) is 0. The van der Waals surface area contributed by atoms with Crippen LogP contribution >= 0.6 is 0 Å². The Bertz CT molecular complexity index is 272. The molecule has 0 radical (unpaired) electrons. The van der Waals surface area contributed by atoms with Gasteiger partial charge in [-0.25, -0.2) is 0 Å². The van der Waals surface area contributed by atoms with E-state index in [2.05, 4.69) is 33.0 Å². The molecular formula is C17H33NO. The zero-order valence-corrected chi connectivity index (χ0v) is 13.4. The van der Waals surface area contributed by atoms with Crippen LogP contribution in [0.2, 0.25) is 0 Å². The number of hydrogen-bond donors (Lipinski definition) is 1. The summed E-state index contributed by atoms with van der Waals surface area (Å²) in [6.07, 6.45) is 8.36. The van der Waals surface area contributed by atoms with E-state index in [9.17, 15) is 0 Å². The number of ether oxygens (including phenoxy) is 1. The van der Waals surface area contributed by atoms with E-state index in [4.69, 9.17) is 4.74 Å². The van der Waals surface area contributed by atoms with E-state index in [1.165, 1.54) is 38.5 Å². The molecule has 2 aliphatic carbocycles. The van der Waals surface area contributed by atoms with Gasteiger partial charge in [0.05, 0.1) is 12.7 Å². The van der Waals surface area contributed by atoms with Crippen LogP contribution < -0.4 is 5.32 Å². The van der Waals surface area contributed by atoms with Crippen molar-refractivity contribution in [2.75, 3.05) is 13.2 Å². The molecule has 2 fully saturated rings.